The summed E-state index contributed by atoms with van der Waals surface area (Å²) in [7, 11) is 0. The Morgan fingerprint density at radius 2 is 1.54 bits per heavy atom. The molecule has 0 aromatic rings. The van der Waals surface area contributed by atoms with Gasteiger partial charge in [-0.15, -0.1) is 0 Å². The van der Waals surface area contributed by atoms with Gasteiger partial charge in [-0.05, 0) is 13.8 Å². The molecule has 13 heavy (non-hydrogen) atoms. The van der Waals surface area contributed by atoms with Crippen molar-refractivity contribution < 1.29 is 40.6 Å². The zero-order valence-electron chi connectivity index (χ0n) is 9.15. The van der Waals surface area contributed by atoms with Crippen LogP contribution in [-0.2, 0) is 0 Å². The maximum absolute atomic E-state index is 10.4. The van der Waals surface area contributed by atoms with E-state index < -0.39 is 5.24 Å². The second kappa shape index (κ2) is 12.6. The molecular formula is C6H15N2NaO2S2. The van der Waals surface area contributed by atoms with Gasteiger partial charge in [-0.2, -0.15) is 0 Å². The van der Waals surface area contributed by atoms with Crippen LogP contribution < -0.4 is 35.3 Å². The first-order valence-corrected chi connectivity index (χ1v) is 4.31. The maximum atomic E-state index is 10.4. The minimum Gasteiger partial charge on any atom is -1.00 e. The number of carbonyl (C=O) groups excluding carboxylic acids is 2. The van der Waals surface area contributed by atoms with Crippen LogP contribution in [0.3, 0.4) is 0 Å². The fraction of sp³-hybridized carbons (Fsp3) is 0.667. The summed E-state index contributed by atoms with van der Waals surface area (Å²) < 4.78 is 0. The van der Waals surface area contributed by atoms with Crippen molar-refractivity contribution >= 4 is 35.7 Å². The van der Waals surface area contributed by atoms with Crippen molar-refractivity contribution in [1.29, 1.82) is 0 Å². The minimum absolute atomic E-state index is 0. The molecule has 0 aliphatic heterocycles. The van der Waals surface area contributed by atoms with E-state index in [4.69, 9.17) is 4.79 Å². The molecule has 4 nitrogen and oxygen atoms in total. The summed E-state index contributed by atoms with van der Waals surface area (Å²) in [6.45, 7) is 5.35. The predicted molar refractivity (Wildman–Crippen MR) is 57.0 cm³/mol. The molecule has 0 aromatic carbocycles. The average Bonchev–Trinajstić information content (AvgIpc) is 1.87. The van der Waals surface area contributed by atoms with E-state index in [9.17, 15) is 4.79 Å². The Kier molecular flexibility index (Phi) is 18.7. The van der Waals surface area contributed by atoms with Gasteiger partial charge in [0.1, 0.15) is 0 Å². The zero-order valence-corrected chi connectivity index (χ0v) is 11.9. The van der Waals surface area contributed by atoms with Crippen LogP contribution in [0.4, 0.5) is 9.59 Å². The van der Waals surface area contributed by atoms with E-state index in [2.05, 4.69) is 31.0 Å². The van der Waals surface area contributed by atoms with E-state index in [1.807, 2.05) is 13.8 Å². The van der Waals surface area contributed by atoms with E-state index >= 15 is 0 Å². The van der Waals surface area contributed by atoms with E-state index in [0.717, 1.165) is 13.1 Å². The first kappa shape index (κ1) is 19.2. The van der Waals surface area contributed by atoms with Crippen LogP contribution in [-0.4, -0.2) is 28.5 Å². The molecule has 0 bridgehead atoms. The van der Waals surface area contributed by atoms with E-state index in [1.54, 1.807) is 4.90 Å². The molecule has 0 fully saturated rings. The Bertz CT molecular complexity index is 155. The number of hydrogen-bond donors (Lipinski definition) is 3. The molecule has 0 unspecified atom stereocenters. The van der Waals surface area contributed by atoms with Gasteiger partial charge in [0.15, 0.2) is 0 Å². The smallest absolute Gasteiger partial charge is 1.00 e. The first-order valence-electron chi connectivity index (χ1n) is 3.41. The monoisotopic (exact) mass is 234 g/mol. The standard InChI is InChI=1S/C5H11NOS.CH3NOS.Na.H/c1-3-6(4-2)5(7)8;2-1(3)4;;/h3-4H2,1-2H3,(H,7,8);(H3,2,3,4);;/q;;+1;-1. The van der Waals surface area contributed by atoms with Crippen molar-refractivity contribution in [3.63, 3.8) is 0 Å². The molecular weight excluding hydrogens is 219 g/mol. The molecule has 0 atom stereocenters. The van der Waals surface area contributed by atoms with Crippen molar-refractivity contribution in [1.82, 2.24) is 4.90 Å². The Balaban J connectivity index is -0.0000000733. The fourth-order valence-electron chi connectivity index (χ4n) is 0.494. The Labute approximate surface area is 113 Å². The van der Waals surface area contributed by atoms with Gasteiger partial charge in [0.2, 0.25) is 0 Å². The topological polar surface area (TPSA) is 63.4 Å². The molecule has 0 saturated heterocycles. The molecule has 2 N–H and O–H groups in total. The van der Waals surface area contributed by atoms with E-state index in [0.29, 0.717) is 0 Å². The summed E-state index contributed by atoms with van der Waals surface area (Å²) in [5.74, 6) is 0. The van der Waals surface area contributed by atoms with Crippen molar-refractivity contribution in [2.45, 2.75) is 13.8 Å². The average molecular weight is 234 g/mol. The van der Waals surface area contributed by atoms with Crippen molar-refractivity contribution in [3.05, 3.63) is 0 Å². The first-order chi connectivity index (χ1) is 5.45. The molecule has 0 rings (SSSR count). The van der Waals surface area contributed by atoms with Gasteiger partial charge < -0.3 is 12.1 Å². The summed E-state index contributed by atoms with van der Waals surface area (Å²) in [4.78, 5) is 21.1. The Hall–Kier alpha value is 0.640. The Morgan fingerprint density at radius 3 is 1.54 bits per heavy atom. The van der Waals surface area contributed by atoms with Gasteiger partial charge in [-0.25, -0.2) is 0 Å². The molecule has 74 valence electrons. The summed E-state index contributed by atoms with van der Waals surface area (Å²) in [5, 5.41) is -0.782. The van der Waals surface area contributed by atoms with E-state index in [-0.39, 0.29) is 36.2 Å². The largest absolute Gasteiger partial charge is 1.00 e. The van der Waals surface area contributed by atoms with Crippen molar-refractivity contribution in [2.24, 2.45) is 5.73 Å². The number of hydrogen-bond acceptors (Lipinski definition) is 2. The summed E-state index contributed by atoms with van der Waals surface area (Å²) in [6.07, 6.45) is 0. The van der Waals surface area contributed by atoms with Crippen LogP contribution in [0.2, 0.25) is 0 Å². The number of primary amides is 1. The molecule has 0 spiro atoms. The molecule has 0 aliphatic rings. The van der Waals surface area contributed by atoms with Crippen LogP contribution in [0.5, 0.6) is 0 Å². The van der Waals surface area contributed by atoms with Crippen LogP contribution in [0.25, 0.3) is 0 Å². The second-order valence-corrected chi connectivity index (χ2v) is 2.62. The Morgan fingerprint density at radius 1 is 1.31 bits per heavy atom. The van der Waals surface area contributed by atoms with Crippen LogP contribution >= 0.6 is 25.3 Å². The second-order valence-electron chi connectivity index (χ2n) is 1.79. The number of thiol groups is 2. The van der Waals surface area contributed by atoms with Crippen LogP contribution in [0.1, 0.15) is 15.3 Å². The minimum atomic E-state index is -0.639. The number of rotatable bonds is 2. The molecule has 2 amide bonds. The SMILES string of the molecule is CCN(CC)C(=O)S.NC(=O)S.[H-].[Na+]. The molecule has 0 aromatic heterocycles. The molecule has 0 heterocycles. The third-order valence-corrected chi connectivity index (χ3v) is 1.32. The summed E-state index contributed by atoms with van der Waals surface area (Å²) in [5.41, 5.74) is 4.34. The number of carbonyl (C=O) groups is 2. The molecule has 0 aliphatic carbocycles. The third kappa shape index (κ3) is 19.2. The van der Waals surface area contributed by atoms with Crippen molar-refractivity contribution in [2.75, 3.05) is 13.1 Å². The van der Waals surface area contributed by atoms with Gasteiger partial charge in [-0.1, -0.05) is 25.3 Å². The number of amides is 2. The normalized spacial score (nSPS) is 7.38. The maximum Gasteiger partial charge on any atom is 1.00 e. The zero-order chi connectivity index (χ0) is 10.1. The summed E-state index contributed by atoms with van der Waals surface area (Å²) in [6, 6.07) is 0. The third-order valence-electron chi connectivity index (χ3n) is 1.03. The fourth-order valence-corrected chi connectivity index (χ4v) is 0.777. The van der Waals surface area contributed by atoms with Crippen molar-refractivity contribution in [3.8, 4) is 0 Å². The predicted octanol–water partition coefficient (Wildman–Crippen LogP) is -1.51. The number of nitrogens with zero attached hydrogens (tertiary/aromatic N) is 1. The van der Waals surface area contributed by atoms with Gasteiger partial charge in [0.25, 0.3) is 10.5 Å². The van der Waals surface area contributed by atoms with Gasteiger partial charge in [-0.3, -0.25) is 9.59 Å². The van der Waals surface area contributed by atoms with Gasteiger partial charge in [0.05, 0.1) is 0 Å². The van der Waals surface area contributed by atoms with E-state index in [1.165, 1.54) is 0 Å². The van der Waals surface area contributed by atoms with Gasteiger partial charge in [0, 0.05) is 13.1 Å². The molecule has 0 saturated carbocycles. The van der Waals surface area contributed by atoms with Gasteiger partial charge >= 0.3 is 29.6 Å². The van der Waals surface area contributed by atoms with Crippen LogP contribution in [0, 0.1) is 0 Å². The summed E-state index contributed by atoms with van der Waals surface area (Å²) >= 11 is 6.75. The molecule has 7 heteroatoms. The molecule has 0 radical (unpaired) electrons. The quantitative estimate of drug-likeness (QED) is 0.402. The van der Waals surface area contributed by atoms with Crippen LogP contribution in [0.15, 0.2) is 0 Å². The number of nitrogens with two attached hydrogens (primary N) is 1.